The third kappa shape index (κ3) is 5.89. The van der Waals surface area contributed by atoms with Gasteiger partial charge in [0.2, 0.25) is 0 Å². The molecule has 0 aliphatic rings. The summed E-state index contributed by atoms with van der Waals surface area (Å²) in [4.78, 5) is 13.3. The number of aliphatic carboxylic acids is 1. The monoisotopic (exact) mass is 428 g/mol. The molecule has 0 saturated carbocycles. The lowest BCUT2D eigenvalue weighted by Crippen LogP contribution is -2.39. The molecule has 0 heterocycles. The van der Waals surface area contributed by atoms with Gasteiger partial charge in [0.15, 0.2) is 15.9 Å². The van der Waals surface area contributed by atoms with Crippen LogP contribution in [0.5, 0.6) is 5.75 Å². The lowest BCUT2D eigenvalue weighted by Gasteiger charge is -2.28. The first-order chi connectivity index (χ1) is 12.4. The highest BCUT2D eigenvalue weighted by molar-refractivity contribution is 7.99. The van der Waals surface area contributed by atoms with Gasteiger partial charge in [-0.05, 0) is 42.5 Å². The summed E-state index contributed by atoms with van der Waals surface area (Å²) in [5.74, 6) is -0.648. The fraction of sp³-hybridized carbons (Fsp3) is 0.316. The Morgan fingerprint density at radius 1 is 1.15 bits per heavy atom. The Morgan fingerprint density at radius 3 is 2.22 bits per heavy atom. The molecule has 1 N–H and O–H groups in total. The molecule has 1 atom stereocenters. The summed E-state index contributed by atoms with van der Waals surface area (Å²) in [5, 5.41) is 9.98. The minimum atomic E-state index is -3.27. The molecule has 0 bridgehead atoms. The lowest BCUT2D eigenvalue weighted by molar-refractivity contribution is -0.150. The Labute approximate surface area is 168 Å². The molecule has 2 rings (SSSR count). The first-order valence-corrected chi connectivity index (χ1v) is 11.1. The van der Waals surface area contributed by atoms with E-state index in [9.17, 15) is 18.3 Å². The third-order valence-electron chi connectivity index (χ3n) is 3.64. The van der Waals surface area contributed by atoms with Crippen molar-refractivity contribution in [1.82, 2.24) is 0 Å². The Kier molecular flexibility index (Phi) is 6.50. The van der Waals surface area contributed by atoms with E-state index < -0.39 is 27.3 Å². The van der Waals surface area contributed by atoms with Crippen molar-refractivity contribution in [3.8, 4) is 5.75 Å². The van der Waals surface area contributed by atoms with Crippen molar-refractivity contribution in [2.24, 2.45) is 5.41 Å². The molecule has 146 valence electrons. The molecule has 0 spiro atoms. The third-order valence-corrected chi connectivity index (χ3v) is 6.05. The predicted molar refractivity (Wildman–Crippen MR) is 107 cm³/mol. The average Bonchev–Trinajstić information content (AvgIpc) is 2.52. The van der Waals surface area contributed by atoms with E-state index in [2.05, 4.69) is 0 Å². The molecule has 0 saturated heterocycles. The highest BCUT2D eigenvalue weighted by Gasteiger charge is 2.34. The fourth-order valence-electron chi connectivity index (χ4n) is 2.27. The topological polar surface area (TPSA) is 80.7 Å². The maximum atomic E-state index is 11.6. The van der Waals surface area contributed by atoms with E-state index in [0.717, 1.165) is 11.2 Å². The summed E-state index contributed by atoms with van der Waals surface area (Å²) in [6.45, 7) is 5.37. The molecule has 0 fully saturated rings. The van der Waals surface area contributed by atoms with Crippen molar-refractivity contribution < 1.29 is 23.1 Å². The van der Waals surface area contributed by atoms with Crippen LogP contribution >= 0.6 is 23.4 Å². The number of carboxylic acid groups (broad SMARTS) is 1. The zero-order valence-electron chi connectivity index (χ0n) is 15.4. The Bertz CT molecular complexity index is 932. The zero-order chi connectivity index (χ0) is 20.4. The quantitative estimate of drug-likeness (QED) is 0.713. The molecule has 0 aromatic heterocycles. The van der Waals surface area contributed by atoms with Crippen molar-refractivity contribution in [3.05, 3.63) is 47.5 Å². The summed E-state index contributed by atoms with van der Waals surface area (Å²) in [7, 11) is -3.27. The maximum Gasteiger partial charge on any atom is 0.345 e. The van der Waals surface area contributed by atoms with Gasteiger partial charge in [0.05, 0.1) is 9.79 Å². The summed E-state index contributed by atoms with van der Waals surface area (Å²) in [5.41, 5.74) is -0.607. The second kappa shape index (κ2) is 8.12. The highest BCUT2D eigenvalue weighted by Crippen LogP contribution is 2.39. The minimum absolute atomic E-state index is 0.230. The molecule has 2 aromatic carbocycles. The summed E-state index contributed by atoms with van der Waals surface area (Å²) >= 11 is 7.41. The van der Waals surface area contributed by atoms with E-state index in [4.69, 9.17) is 16.3 Å². The van der Waals surface area contributed by atoms with Gasteiger partial charge in [0.25, 0.3) is 0 Å². The molecule has 0 amide bonds. The number of rotatable bonds is 6. The molecule has 0 radical (unpaired) electrons. The first-order valence-electron chi connectivity index (χ1n) is 8.05. The average molecular weight is 429 g/mol. The van der Waals surface area contributed by atoms with Gasteiger partial charge in [0, 0.05) is 21.6 Å². The van der Waals surface area contributed by atoms with Gasteiger partial charge >= 0.3 is 5.97 Å². The van der Waals surface area contributed by atoms with E-state index in [1.54, 1.807) is 51.1 Å². The van der Waals surface area contributed by atoms with Crippen LogP contribution in [-0.4, -0.2) is 31.9 Å². The molecular formula is C19H21ClO5S2. The van der Waals surface area contributed by atoms with Crippen LogP contribution in [0.4, 0.5) is 0 Å². The van der Waals surface area contributed by atoms with Crippen molar-refractivity contribution in [2.75, 3.05) is 6.26 Å². The summed E-state index contributed by atoms with van der Waals surface area (Å²) in [6, 6.07) is 11.4. The van der Waals surface area contributed by atoms with Crippen LogP contribution in [0.25, 0.3) is 0 Å². The van der Waals surface area contributed by atoms with Crippen molar-refractivity contribution in [1.29, 1.82) is 0 Å². The molecule has 0 aliphatic heterocycles. The number of hydrogen-bond acceptors (Lipinski definition) is 5. The van der Waals surface area contributed by atoms with Crippen LogP contribution in [0.15, 0.2) is 57.2 Å². The van der Waals surface area contributed by atoms with Gasteiger partial charge in [0.1, 0.15) is 5.75 Å². The van der Waals surface area contributed by atoms with Gasteiger partial charge < -0.3 is 9.84 Å². The fourth-order valence-corrected chi connectivity index (χ4v) is 4.06. The Hall–Kier alpha value is -1.70. The summed E-state index contributed by atoms with van der Waals surface area (Å²) in [6.07, 6.45) is 0.113. The first kappa shape index (κ1) is 21.6. The minimum Gasteiger partial charge on any atom is -0.478 e. The normalized spacial score (nSPS) is 13.2. The van der Waals surface area contributed by atoms with Crippen LogP contribution in [0.1, 0.15) is 20.8 Å². The van der Waals surface area contributed by atoms with Crippen LogP contribution in [0.3, 0.4) is 0 Å². The molecule has 5 nitrogen and oxygen atoms in total. The SMILES string of the molecule is CC(C)(C)C(Oc1ccc(Cl)cc1Sc1ccc(S(C)(=O)=O)cc1)C(=O)O. The lowest BCUT2D eigenvalue weighted by atomic mass is 9.89. The highest BCUT2D eigenvalue weighted by atomic mass is 35.5. The number of benzene rings is 2. The molecule has 27 heavy (non-hydrogen) atoms. The second-order valence-corrected chi connectivity index (χ2v) is 10.7. The smallest absolute Gasteiger partial charge is 0.345 e. The summed E-state index contributed by atoms with van der Waals surface area (Å²) < 4.78 is 29.0. The molecular weight excluding hydrogens is 408 g/mol. The molecule has 1 unspecified atom stereocenters. The van der Waals surface area contributed by atoms with E-state index >= 15 is 0 Å². The number of hydrogen-bond donors (Lipinski definition) is 1. The number of halogens is 1. The van der Waals surface area contributed by atoms with Gasteiger partial charge in [-0.1, -0.05) is 44.1 Å². The molecule has 0 aliphatic carbocycles. The van der Waals surface area contributed by atoms with Gasteiger partial charge in [-0.25, -0.2) is 13.2 Å². The van der Waals surface area contributed by atoms with Crippen LogP contribution < -0.4 is 4.74 Å². The van der Waals surface area contributed by atoms with Crippen LogP contribution in [0.2, 0.25) is 5.02 Å². The maximum absolute atomic E-state index is 11.6. The van der Waals surface area contributed by atoms with Crippen molar-refractivity contribution in [3.63, 3.8) is 0 Å². The number of carbonyl (C=O) groups is 1. The zero-order valence-corrected chi connectivity index (χ0v) is 17.8. The van der Waals surface area contributed by atoms with Gasteiger partial charge in [-0.3, -0.25) is 0 Å². The van der Waals surface area contributed by atoms with Crippen LogP contribution in [0, 0.1) is 5.41 Å². The van der Waals surface area contributed by atoms with E-state index in [1.807, 2.05) is 0 Å². The van der Waals surface area contributed by atoms with Gasteiger partial charge in [-0.15, -0.1) is 0 Å². The standard InChI is InChI=1S/C19H21ClO5S2/c1-19(2,3)17(18(21)22)25-15-10-5-12(20)11-16(15)26-13-6-8-14(9-7-13)27(4,23)24/h5-11,17H,1-4H3,(H,21,22). The Morgan fingerprint density at radius 2 is 1.74 bits per heavy atom. The van der Waals surface area contributed by atoms with E-state index in [-0.39, 0.29) is 4.90 Å². The van der Waals surface area contributed by atoms with Crippen molar-refractivity contribution in [2.45, 2.75) is 41.6 Å². The Balaban J connectivity index is 2.34. The number of carboxylic acids is 1. The van der Waals surface area contributed by atoms with E-state index in [1.165, 1.54) is 23.9 Å². The number of ether oxygens (including phenoxy) is 1. The van der Waals surface area contributed by atoms with Gasteiger partial charge in [-0.2, -0.15) is 0 Å². The molecule has 2 aromatic rings. The molecule has 8 heteroatoms. The van der Waals surface area contributed by atoms with E-state index in [0.29, 0.717) is 15.7 Å². The second-order valence-electron chi connectivity index (χ2n) is 7.14. The largest absolute Gasteiger partial charge is 0.478 e. The predicted octanol–water partition coefficient (Wildman–Crippen LogP) is 4.77. The van der Waals surface area contributed by atoms with Crippen LogP contribution in [-0.2, 0) is 14.6 Å². The van der Waals surface area contributed by atoms with Crippen molar-refractivity contribution >= 4 is 39.2 Å². The number of sulfone groups is 1.